The molecule has 0 aliphatic carbocycles. The molecule has 1 N–H and O–H groups in total. The molecule has 2 fully saturated rings. The van der Waals surface area contributed by atoms with Gasteiger partial charge in [-0.1, -0.05) is 11.3 Å². The largest absolute Gasteiger partial charge is 0.396 e. The van der Waals surface area contributed by atoms with Gasteiger partial charge in [0.1, 0.15) is 5.51 Å². The van der Waals surface area contributed by atoms with Gasteiger partial charge in [0.15, 0.2) is 0 Å². The van der Waals surface area contributed by atoms with E-state index in [4.69, 9.17) is 0 Å². The summed E-state index contributed by atoms with van der Waals surface area (Å²) in [5, 5.41) is 18.6. The number of rotatable bonds is 4. The summed E-state index contributed by atoms with van der Waals surface area (Å²) < 4.78 is 0. The van der Waals surface area contributed by atoms with Crippen LogP contribution in [0, 0.1) is 11.8 Å². The van der Waals surface area contributed by atoms with Crippen molar-refractivity contribution in [3.63, 3.8) is 0 Å². The highest BCUT2D eigenvalue weighted by Gasteiger charge is 2.34. The van der Waals surface area contributed by atoms with Crippen LogP contribution in [-0.4, -0.2) is 59.5 Å². The fourth-order valence-electron chi connectivity index (χ4n) is 3.11. The molecule has 2 saturated heterocycles. The Labute approximate surface area is 111 Å². The molecule has 0 saturated carbocycles. The van der Waals surface area contributed by atoms with Crippen molar-refractivity contribution in [1.82, 2.24) is 15.1 Å². The van der Waals surface area contributed by atoms with E-state index in [0.29, 0.717) is 11.8 Å². The summed E-state index contributed by atoms with van der Waals surface area (Å²) in [6.07, 6.45) is 2.66. The zero-order chi connectivity index (χ0) is 12.4. The molecule has 1 aromatic heterocycles. The van der Waals surface area contributed by atoms with Crippen LogP contribution in [0.2, 0.25) is 0 Å². The molecule has 2 aliphatic rings. The number of anilines is 1. The lowest BCUT2D eigenvalue weighted by Gasteiger charge is -2.22. The molecule has 3 heterocycles. The molecular weight excluding hydrogens is 248 g/mol. The molecule has 3 rings (SSSR count). The molecule has 2 aliphatic heterocycles. The first-order valence-corrected chi connectivity index (χ1v) is 7.59. The molecule has 0 amide bonds. The van der Waals surface area contributed by atoms with Crippen molar-refractivity contribution in [1.29, 1.82) is 0 Å². The normalized spacial score (nSPS) is 29.3. The second-order valence-corrected chi connectivity index (χ2v) is 6.15. The number of hydrogen-bond donors (Lipinski definition) is 1. The summed E-state index contributed by atoms with van der Waals surface area (Å²) in [5.41, 5.74) is 1.77. The fourth-order valence-corrected chi connectivity index (χ4v) is 3.69. The maximum Gasteiger partial charge on any atom is 0.208 e. The average molecular weight is 268 g/mol. The Balaban J connectivity index is 1.62. The summed E-state index contributed by atoms with van der Waals surface area (Å²) in [6, 6.07) is 0. The quantitative estimate of drug-likeness (QED) is 0.870. The third kappa shape index (κ3) is 2.50. The van der Waals surface area contributed by atoms with Crippen LogP contribution in [0.25, 0.3) is 0 Å². The van der Waals surface area contributed by atoms with Gasteiger partial charge in [0.2, 0.25) is 5.13 Å². The van der Waals surface area contributed by atoms with Crippen LogP contribution in [0.1, 0.15) is 12.8 Å². The SMILES string of the molecule is OC[C@H]1CN(c2nncs2)C[C@H]1CN1CCCC1. The lowest BCUT2D eigenvalue weighted by molar-refractivity contribution is 0.176. The van der Waals surface area contributed by atoms with Gasteiger partial charge in [-0.25, -0.2) is 0 Å². The van der Waals surface area contributed by atoms with Crippen LogP contribution < -0.4 is 4.90 Å². The van der Waals surface area contributed by atoms with E-state index in [2.05, 4.69) is 20.0 Å². The van der Waals surface area contributed by atoms with Crippen molar-refractivity contribution >= 4 is 16.5 Å². The molecule has 2 atom stereocenters. The molecule has 0 radical (unpaired) electrons. The minimum absolute atomic E-state index is 0.286. The van der Waals surface area contributed by atoms with Gasteiger partial charge in [-0.3, -0.25) is 0 Å². The molecule has 100 valence electrons. The zero-order valence-electron chi connectivity index (χ0n) is 10.5. The van der Waals surface area contributed by atoms with E-state index in [1.807, 2.05) is 0 Å². The smallest absolute Gasteiger partial charge is 0.208 e. The van der Waals surface area contributed by atoms with Gasteiger partial charge in [-0.05, 0) is 31.8 Å². The highest BCUT2D eigenvalue weighted by molar-refractivity contribution is 7.13. The van der Waals surface area contributed by atoms with Crippen molar-refractivity contribution in [3.05, 3.63) is 5.51 Å². The van der Waals surface area contributed by atoms with E-state index in [0.717, 1.165) is 24.8 Å². The minimum atomic E-state index is 0.286. The summed E-state index contributed by atoms with van der Waals surface area (Å²) in [6.45, 7) is 5.80. The first kappa shape index (κ1) is 12.3. The summed E-state index contributed by atoms with van der Waals surface area (Å²) in [7, 11) is 0. The first-order valence-electron chi connectivity index (χ1n) is 6.71. The van der Waals surface area contributed by atoms with Crippen molar-refractivity contribution in [2.24, 2.45) is 11.8 Å². The Kier molecular flexibility index (Phi) is 3.77. The number of likely N-dealkylation sites (tertiary alicyclic amines) is 1. The predicted octanol–water partition coefficient (Wildman–Crippen LogP) is 0.679. The van der Waals surface area contributed by atoms with Crippen molar-refractivity contribution in [3.8, 4) is 0 Å². The molecule has 0 spiro atoms. The fraction of sp³-hybridized carbons (Fsp3) is 0.833. The van der Waals surface area contributed by atoms with Gasteiger partial charge in [-0.2, -0.15) is 0 Å². The van der Waals surface area contributed by atoms with E-state index in [1.165, 1.54) is 25.9 Å². The van der Waals surface area contributed by atoms with Crippen LogP contribution in [0.15, 0.2) is 5.51 Å². The lowest BCUT2D eigenvalue weighted by Crippen LogP contribution is -2.31. The van der Waals surface area contributed by atoms with Gasteiger partial charge in [0.05, 0.1) is 0 Å². The summed E-state index contributed by atoms with van der Waals surface area (Å²) >= 11 is 1.59. The Morgan fingerprint density at radius 1 is 1.28 bits per heavy atom. The van der Waals surface area contributed by atoms with Gasteiger partial charge in [-0.15, -0.1) is 10.2 Å². The van der Waals surface area contributed by atoms with E-state index >= 15 is 0 Å². The van der Waals surface area contributed by atoms with E-state index in [-0.39, 0.29) is 6.61 Å². The monoisotopic (exact) mass is 268 g/mol. The molecule has 0 unspecified atom stereocenters. The molecule has 18 heavy (non-hydrogen) atoms. The average Bonchev–Trinajstić information content (AvgIpc) is 3.10. The maximum atomic E-state index is 9.55. The maximum absolute atomic E-state index is 9.55. The molecule has 1 aromatic rings. The first-order chi connectivity index (χ1) is 8.86. The Bertz CT molecular complexity index is 366. The second-order valence-electron chi connectivity index (χ2n) is 5.34. The van der Waals surface area contributed by atoms with Crippen LogP contribution in [-0.2, 0) is 0 Å². The van der Waals surface area contributed by atoms with E-state index < -0.39 is 0 Å². The molecule has 0 bridgehead atoms. The Hall–Kier alpha value is -0.720. The predicted molar refractivity (Wildman–Crippen MR) is 71.9 cm³/mol. The zero-order valence-corrected chi connectivity index (χ0v) is 11.3. The van der Waals surface area contributed by atoms with Crippen LogP contribution in [0.3, 0.4) is 0 Å². The van der Waals surface area contributed by atoms with Crippen LogP contribution in [0.4, 0.5) is 5.13 Å². The Morgan fingerprint density at radius 2 is 2.06 bits per heavy atom. The Morgan fingerprint density at radius 3 is 2.72 bits per heavy atom. The number of nitrogens with zero attached hydrogens (tertiary/aromatic N) is 4. The number of hydrogen-bond acceptors (Lipinski definition) is 6. The molecule has 5 nitrogen and oxygen atoms in total. The molecule has 6 heteroatoms. The number of aromatic nitrogens is 2. The van der Waals surface area contributed by atoms with Crippen LogP contribution >= 0.6 is 11.3 Å². The molecular formula is C12H20N4OS. The lowest BCUT2D eigenvalue weighted by atomic mass is 9.96. The highest BCUT2D eigenvalue weighted by atomic mass is 32.1. The third-order valence-corrected chi connectivity index (χ3v) is 4.87. The molecule has 0 aromatic carbocycles. The highest BCUT2D eigenvalue weighted by Crippen LogP contribution is 2.30. The van der Waals surface area contributed by atoms with E-state index in [9.17, 15) is 5.11 Å². The van der Waals surface area contributed by atoms with Gasteiger partial charge in [0, 0.05) is 32.2 Å². The van der Waals surface area contributed by atoms with Crippen molar-refractivity contribution in [2.45, 2.75) is 12.8 Å². The van der Waals surface area contributed by atoms with Crippen molar-refractivity contribution in [2.75, 3.05) is 44.2 Å². The van der Waals surface area contributed by atoms with Gasteiger partial charge >= 0.3 is 0 Å². The third-order valence-electron chi connectivity index (χ3n) is 4.12. The van der Waals surface area contributed by atoms with Gasteiger partial charge in [0.25, 0.3) is 0 Å². The van der Waals surface area contributed by atoms with E-state index in [1.54, 1.807) is 16.8 Å². The van der Waals surface area contributed by atoms with Gasteiger partial charge < -0.3 is 14.9 Å². The number of aliphatic hydroxyl groups is 1. The second kappa shape index (κ2) is 5.50. The topological polar surface area (TPSA) is 52.5 Å². The minimum Gasteiger partial charge on any atom is -0.396 e. The standard InChI is InChI=1S/C12H20N4OS/c17-8-11-7-16(12-14-13-9-18-12)6-10(11)5-15-3-1-2-4-15/h9-11,17H,1-8H2/t10-,11-/m1/s1. The van der Waals surface area contributed by atoms with Crippen molar-refractivity contribution < 1.29 is 5.11 Å². The number of aliphatic hydroxyl groups excluding tert-OH is 1. The van der Waals surface area contributed by atoms with Crippen LogP contribution in [0.5, 0.6) is 0 Å². The summed E-state index contributed by atoms with van der Waals surface area (Å²) in [5.74, 6) is 0.950. The summed E-state index contributed by atoms with van der Waals surface area (Å²) in [4.78, 5) is 4.82.